The second kappa shape index (κ2) is 7.56. The molecule has 0 aliphatic carbocycles. The quantitative estimate of drug-likeness (QED) is 0.384. The summed E-state index contributed by atoms with van der Waals surface area (Å²) in [5.74, 6) is 5.86. The van der Waals surface area contributed by atoms with Gasteiger partial charge in [0.05, 0.1) is 11.2 Å². The van der Waals surface area contributed by atoms with Crippen LogP contribution in [0.2, 0.25) is 18.1 Å². The summed E-state index contributed by atoms with van der Waals surface area (Å²) in [5, 5.41) is 0.180. The molecule has 0 aromatic heterocycles. The van der Waals surface area contributed by atoms with Gasteiger partial charge in [-0.05, 0) is 52.8 Å². The zero-order valence-electron chi connectivity index (χ0n) is 17.6. The Labute approximate surface area is 155 Å². The second-order valence-corrected chi connectivity index (χ2v) is 14.0. The van der Waals surface area contributed by atoms with Gasteiger partial charge in [-0.15, -0.1) is 0 Å². The monoisotopic (exact) mass is 368 g/mol. The van der Waals surface area contributed by atoms with Crippen molar-refractivity contribution in [3.8, 4) is 11.8 Å². The fraction of sp³-hybridized carbons (Fsp3) is 0.789. The summed E-state index contributed by atoms with van der Waals surface area (Å²) < 4.78 is 32.0. The van der Waals surface area contributed by atoms with E-state index < -0.39 is 32.4 Å². The molecule has 0 spiro atoms. The molecule has 0 amide bonds. The number of hydrogen-bond acceptors (Lipinski definition) is 3. The van der Waals surface area contributed by atoms with Crippen molar-refractivity contribution in [2.24, 2.45) is 0 Å². The highest BCUT2D eigenvalue weighted by atomic mass is 28.4. The topological polar surface area (TPSA) is 27.7 Å². The van der Waals surface area contributed by atoms with Crippen molar-refractivity contribution < 1.29 is 18.1 Å². The van der Waals surface area contributed by atoms with Gasteiger partial charge in [0.2, 0.25) is 0 Å². The molecule has 1 rings (SSSR count). The molecule has 0 unspecified atom stereocenters. The lowest BCUT2D eigenvalue weighted by Crippen LogP contribution is -2.41. The molecule has 0 aromatic rings. The van der Waals surface area contributed by atoms with Gasteiger partial charge in [-0.25, -0.2) is 4.39 Å². The Balaban J connectivity index is 2.64. The van der Waals surface area contributed by atoms with Crippen LogP contribution in [0.25, 0.3) is 0 Å². The molecular formula is C19H34BFO3Si. The Bertz CT molecular complexity index is 564. The number of allylic oxidation sites excluding steroid dienone is 1. The minimum absolute atomic E-state index is 0.180. The van der Waals surface area contributed by atoms with E-state index in [0.29, 0.717) is 18.6 Å². The van der Waals surface area contributed by atoms with Crippen LogP contribution in [0.5, 0.6) is 0 Å². The van der Waals surface area contributed by atoms with Crippen molar-refractivity contribution in [2.75, 3.05) is 6.61 Å². The van der Waals surface area contributed by atoms with Crippen LogP contribution in [0.4, 0.5) is 4.39 Å². The summed E-state index contributed by atoms with van der Waals surface area (Å²) >= 11 is 0. The minimum atomic E-state index is -1.75. The van der Waals surface area contributed by atoms with Gasteiger partial charge in [-0.3, -0.25) is 0 Å². The third-order valence-electron chi connectivity index (χ3n) is 5.59. The van der Waals surface area contributed by atoms with Crippen LogP contribution in [0.15, 0.2) is 11.3 Å². The highest BCUT2D eigenvalue weighted by Crippen LogP contribution is 2.39. The summed E-state index contributed by atoms with van der Waals surface area (Å²) in [7, 11) is -2.73. The lowest BCUT2D eigenvalue weighted by molar-refractivity contribution is 0.00578. The summed E-state index contributed by atoms with van der Waals surface area (Å²) in [6.45, 7) is 20.9. The maximum atomic E-state index is 14.5. The van der Waals surface area contributed by atoms with E-state index in [1.54, 1.807) is 6.92 Å². The van der Waals surface area contributed by atoms with Crippen LogP contribution < -0.4 is 0 Å². The molecule has 0 atom stereocenters. The minimum Gasteiger partial charge on any atom is -0.416 e. The van der Waals surface area contributed by atoms with E-state index in [2.05, 4.69) is 45.7 Å². The van der Waals surface area contributed by atoms with Gasteiger partial charge in [0.15, 0.2) is 8.32 Å². The Kier molecular flexibility index (Phi) is 6.78. The van der Waals surface area contributed by atoms with Crippen LogP contribution in [0, 0.1) is 11.8 Å². The Hall–Kier alpha value is -0.608. The van der Waals surface area contributed by atoms with E-state index in [0.717, 1.165) is 0 Å². The van der Waals surface area contributed by atoms with Gasteiger partial charge in [0, 0.05) is 18.6 Å². The fourth-order valence-corrected chi connectivity index (χ4v) is 3.00. The van der Waals surface area contributed by atoms with E-state index >= 15 is 0 Å². The first-order chi connectivity index (χ1) is 11.1. The smallest absolute Gasteiger partial charge is 0.416 e. The van der Waals surface area contributed by atoms with Crippen molar-refractivity contribution in [1.29, 1.82) is 0 Å². The Morgan fingerprint density at radius 3 is 2.04 bits per heavy atom. The van der Waals surface area contributed by atoms with Crippen molar-refractivity contribution in [2.45, 2.75) is 91.1 Å². The van der Waals surface area contributed by atoms with Crippen LogP contribution in [-0.2, 0) is 13.7 Å². The molecule has 1 aliphatic heterocycles. The van der Waals surface area contributed by atoms with Crippen molar-refractivity contribution in [3.05, 3.63) is 11.3 Å². The molecule has 3 nitrogen and oxygen atoms in total. The summed E-state index contributed by atoms with van der Waals surface area (Å²) in [6.07, 6.45) is 0.584. The first kappa shape index (κ1) is 22.4. The third kappa shape index (κ3) is 5.43. The molecule has 1 saturated heterocycles. The largest absolute Gasteiger partial charge is 0.526 e. The fourth-order valence-electron chi connectivity index (χ4n) is 1.95. The molecule has 0 N–H and O–H groups in total. The predicted molar refractivity (Wildman–Crippen MR) is 105 cm³/mol. The lowest BCUT2D eigenvalue weighted by atomic mass is 9.85. The molecule has 0 bridgehead atoms. The van der Waals surface area contributed by atoms with Crippen molar-refractivity contribution >= 4 is 15.4 Å². The average Bonchev–Trinajstić information content (AvgIpc) is 2.64. The van der Waals surface area contributed by atoms with E-state index in [9.17, 15) is 4.39 Å². The SMILES string of the molecule is CC(C#CCCO[Si](C)(C)C(C)(C)C)=C(F)B1OC(C)(C)C(C)(C)O1. The highest BCUT2D eigenvalue weighted by Gasteiger charge is 2.53. The second-order valence-electron chi connectivity index (χ2n) is 9.22. The molecule has 1 fully saturated rings. The Morgan fingerprint density at radius 1 is 1.12 bits per heavy atom. The molecule has 142 valence electrons. The van der Waals surface area contributed by atoms with E-state index in [1.807, 2.05) is 27.7 Å². The predicted octanol–water partition coefficient (Wildman–Crippen LogP) is 5.28. The van der Waals surface area contributed by atoms with Crippen molar-refractivity contribution in [1.82, 2.24) is 0 Å². The van der Waals surface area contributed by atoms with Gasteiger partial charge >= 0.3 is 7.12 Å². The normalized spacial score (nSPS) is 20.8. The average molecular weight is 368 g/mol. The first-order valence-electron chi connectivity index (χ1n) is 8.95. The first-order valence-corrected chi connectivity index (χ1v) is 11.9. The molecule has 1 heterocycles. The molecule has 0 radical (unpaired) electrons. The van der Waals surface area contributed by atoms with E-state index in [1.165, 1.54) is 0 Å². The maximum absolute atomic E-state index is 14.5. The van der Waals surface area contributed by atoms with Gasteiger partial charge in [0.1, 0.15) is 5.73 Å². The van der Waals surface area contributed by atoms with Crippen LogP contribution in [-0.4, -0.2) is 33.2 Å². The molecule has 25 heavy (non-hydrogen) atoms. The highest BCUT2D eigenvalue weighted by molar-refractivity contribution is 6.74. The molecule has 0 saturated carbocycles. The molecule has 6 heteroatoms. The van der Waals surface area contributed by atoms with Gasteiger partial charge in [-0.2, -0.15) is 0 Å². The van der Waals surface area contributed by atoms with Gasteiger partial charge in [-0.1, -0.05) is 32.6 Å². The lowest BCUT2D eigenvalue weighted by Gasteiger charge is -2.35. The van der Waals surface area contributed by atoms with E-state index in [4.69, 9.17) is 13.7 Å². The Morgan fingerprint density at radius 2 is 1.60 bits per heavy atom. The summed E-state index contributed by atoms with van der Waals surface area (Å²) in [6, 6.07) is 0. The standard InChI is InChI=1S/C19H34BFO3Si/c1-15(13-11-12-14-22-25(9,10)17(2,3)4)16(21)20-23-18(5,6)19(7,8)24-20/h12,14H2,1-10H3. The van der Waals surface area contributed by atoms with Crippen molar-refractivity contribution in [3.63, 3.8) is 0 Å². The van der Waals surface area contributed by atoms with Gasteiger partial charge < -0.3 is 13.7 Å². The number of rotatable bonds is 4. The molecular weight excluding hydrogens is 334 g/mol. The van der Waals surface area contributed by atoms with Crippen LogP contribution in [0.3, 0.4) is 0 Å². The number of halogens is 1. The summed E-state index contributed by atoms with van der Waals surface area (Å²) in [4.78, 5) is 0. The third-order valence-corrected chi connectivity index (χ3v) is 10.1. The van der Waals surface area contributed by atoms with Crippen LogP contribution in [0.1, 0.15) is 61.8 Å². The summed E-state index contributed by atoms with van der Waals surface area (Å²) in [5.41, 5.74) is -1.21. The zero-order chi connectivity index (χ0) is 19.7. The van der Waals surface area contributed by atoms with Gasteiger partial charge in [0.25, 0.3) is 0 Å². The van der Waals surface area contributed by atoms with Crippen LogP contribution >= 0.6 is 0 Å². The van der Waals surface area contributed by atoms with E-state index in [-0.39, 0.29) is 5.04 Å². The zero-order valence-corrected chi connectivity index (χ0v) is 18.6. The molecule has 0 aromatic carbocycles. The molecule has 1 aliphatic rings. The number of hydrogen-bond donors (Lipinski definition) is 0. The maximum Gasteiger partial charge on any atom is 0.526 e.